The Morgan fingerprint density at radius 3 is 2.27 bits per heavy atom. The van der Waals surface area contributed by atoms with E-state index < -0.39 is 6.10 Å². The summed E-state index contributed by atoms with van der Waals surface area (Å²) in [7, 11) is 0. The zero-order valence-electron chi connectivity index (χ0n) is 9.27. The van der Waals surface area contributed by atoms with Crippen LogP contribution >= 0.6 is 0 Å². The Hall–Kier alpha value is -1.06. The second-order valence-electron chi connectivity index (χ2n) is 3.99. The fourth-order valence-electron chi connectivity index (χ4n) is 1.29. The van der Waals surface area contributed by atoms with Crippen LogP contribution in [0.25, 0.3) is 0 Å². The lowest BCUT2D eigenvalue weighted by Crippen LogP contribution is -2.22. The monoisotopic (exact) mass is 209 g/mol. The maximum absolute atomic E-state index is 9.15. The number of benzene rings is 1. The van der Waals surface area contributed by atoms with Crippen molar-refractivity contribution < 1.29 is 10.2 Å². The predicted octanol–water partition coefficient (Wildman–Crippen LogP) is 1.58. The molecule has 3 nitrogen and oxygen atoms in total. The first-order valence-corrected chi connectivity index (χ1v) is 5.26. The third-order valence-electron chi connectivity index (χ3n) is 2.33. The Labute approximate surface area is 90.8 Å². The number of anilines is 1. The molecule has 1 aromatic carbocycles. The van der Waals surface area contributed by atoms with Crippen molar-refractivity contribution in [2.24, 2.45) is 0 Å². The maximum atomic E-state index is 9.15. The van der Waals surface area contributed by atoms with Crippen LogP contribution in [0.2, 0.25) is 0 Å². The van der Waals surface area contributed by atoms with Crippen molar-refractivity contribution in [1.29, 1.82) is 0 Å². The minimum absolute atomic E-state index is 0.211. The molecule has 0 amide bonds. The highest BCUT2D eigenvalue weighted by Crippen LogP contribution is 2.16. The van der Waals surface area contributed by atoms with Gasteiger partial charge in [-0.3, -0.25) is 0 Å². The van der Waals surface area contributed by atoms with Crippen LogP contribution in [0.5, 0.6) is 0 Å². The first kappa shape index (κ1) is 12.0. The first-order valence-electron chi connectivity index (χ1n) is 5.26. The average Bonchev–Trinajstić information content (AvgIpc) is 2.26. The number of aliphatic hydroxyl groups is 2. The van der Waals surface area contributed by atoms with Crippen LogP contribution in [0, 0.1) is 0 Å². The summed E-state index contributed by atoms with van der Waals surface area (Å²) < 4.78 is 0. The zero-order chi connectivity index (χ0) is 11.3. The van der Waals surface area contributed by atoms with Crippen LogP contribution in [0.1, 0.15) is 25.3 Å². The van der Waals surface area contributed by atoms with Gasteiger partial charge in [0.15, 0.2) is 0 Å². The highest BCUT2D eigenvalue weighted by molar-refractivity contribution is 5.45. The molecule has 0 saturated carbocycles. The lowest BCUT2D eigenvalue weighted by atomic mass is 10.0. The molecule has 0 aliphatic heterocycles. The van der Waals surface area contributed by atoms with Gasteiger partial charge >= 0.3 is 0 Å². The average molecular weight is 209 g/mol. The van der Waals surface area contributed by atoms with Gasteiger partial charge in [-0.25, -0.2) is 0 Å². The highest BCUT2D eigenvalue weighted by Gasteiger charge is 2.02. The SMILES string of the molecule is CC(C)c1ccc(NC[C@H](O)CO)cc1. The van der Waals surface area contributed by atoms with Gasteiger partial charge in [0.1, 0.15) is 0 Å². The molecule has 84 valence electrons. The van der Waals surface area contributed by atoms with E-state index in [1.165, 1.54) is 5.56 Å². The number of hydrogen-bond donors (Lipinski definition) is 3. The Balaban J connectivity index is 2.50. The van der Waals surface area contributed by atoms with Gasteiger partial charge in [-0.05, 0) is 23.6 Å². The van der Waals surface area contributed by atoms with Crippen LogP contribution < -0.4 is 5.32 Å². The fourth-order valence-corrected chi connectivity index (χ4v) is 1.29. The second kappa shape index (κ2) is 5.73. The van der Waals surface area contributed by atoms with E-state index in [0.29, 0.717) is 12.5 Å². The zero-order valence-corrected chi connectivity index (χ0v) is 9.27. The van der Waals surface area contributed by atoms with Gasteiger partial charge < -0.3 is 15.5 Å². The van der Waals surface area contributed by atoms with Crippen LogP contribution in [0.4, 0.5) is 5.69 Å². The van der Waals surface area contributed by atoms with Crippen molar-refractivity contribution in [1.82, 2.24) is 0 Å². The third kappa shape index (κ3) is 3.90. The number of rotatable bonds is 5. The molecular formula is C12H19NO2. The van der Waals surface area contributed by atoms with Gasteiger partial charge in [-0.2, -0.15) is 0 Å². The van der Waals surface area contributed by atoms with Crippen molar-refractivity contribution in [3.05, 3.63) is 29.8 Å². The largest absolute Gasteiger partial charge is 0.394 e. The standard InChI is InChI=1S/C12H19NO2/c1-9(2)10-3-5-11(6-4-10)13-7-12(15)8-14/h3-6,9,12-15H,7-8H2,1-2H3/t12-/m0/s1. The van der Waals surface area contributed by atoms with E-state index in [9.17, 15) is 0 Å². The van der Waals surface area contributed by atoms with Gasteiger partial charge in [0.05, 0.1) is 12.7 Å². The summed E-state index contributed by atoms with van der Waals surface area (Å²) in [5, 5.41) is 20.8. The summed E-state index contributed by atoms with van der Waals surface area (Å²) in [6, 6.07) is 8.11. The van der Waals surface area contributed by atoms with Gasteiger partial charge in [0.25, 0.3) is 0 Å². The Kier molecular flexibility index (Phi) is 4.59. The molecule has 0 spiro atoms. The summed E-state index contributed by atoms with van der Waals surface area (Å²) in [6.07, 6.45) is -0.699. The summed E-state index contributed by atoms with van der Waals surface area (Å²) >= 11 is 0. The van der Waals surface area contributed by atoms with E-state index in [0.717, 1.165) is 5.69 Å². The Morgan fingerprint density at radius 1 is 1.20 bits per heavy atom. The van der Waals surface area contributed by atoms with Crippen molar-refractivity contribution >= 4 is 5.69 Å². The van der Waals surface area contributed by atoms with Gasteiger partial charge in [-0.1, -0.05) is 26.0 Å². The molecular weight excluding hydrogens is 190 g/mol. The smallest absolute Gasteiger partial charge is 0.0942 e. The normalized spacial score (nSPS) is 12.9. The molecule has 0 saturated heterocycles. The van der Waals surface area contributed by atoms with Crippen molar-refractivity contribution in [3.8, 4) is 0 Å². The summed E-state index contributed by atoms with van der Waals surface area (Å²) in [5.74, 6) is 0.530. The topological polar surface area (TPSA) is 52.5 Å². The molecule has 0 heterocycles. The van der Waals surface area contributed by atoms with Crippen molar-refractivity contribution in [3.63, 3.8) is 0 Å². The van der Waals surface area contributed by atoms with E-state index >= 15 is 0 Å². The predicted molar refractivity (Wildman–Crippen MR) is 62.1 cm³/mol. The molecule has 1 aromatic rings. The van der Waals surface area contributed by atoms with E-state index in [4.69, 9.17) is 10.2 Å². The summed E-state index contributed by atoms with van der Waals surface area (Å²) in [4.78, 5) is 0. The summed E-state index contributed by atoms with van der Waals surface area (Å²) in [6.45, 7) is 4.46. The molecule has 3 N–H and O–H groups in total. The highest BCUT2D eigenvalue weighted by atomic mass is 16.3. The van der Waals surface area contributed by atoms with Gasteiger partial charge in [0, 0.05) is 12.2 Å². The summed E-state index contributed by atoms with van der Waals surface area (Å²) in [5.41, 5.74) is 2.26. The minimum atomic E-state index is -0.699. The van der Waals surface area contributed by atoms with E-state index in [2.05, 4.69) is 31.3 Å². The van der Waals surface area contributed by atoms with Crippen molar-refractivity contribution in [2.45, 2.75) is 25.9 Å². The van der Waals surface area contributed by atoms with E-state index in [1.807, 2.05) is 12.1 Å². The third-order valence-corrected chi connectivity index (χ3v) is 2.33. The Bertz CT molecular complexity index is 282. The van der Waals surface area contributed by atoms with Crippen LogP contribution in [-0.2, 0) is 0 Å². The van der Waals surface area contributed by atoms with Gasteiger partial charge in [0.2, 0.25) is 0 Å². The molecule has 0 radical (unpaired) electrons. The molecule has 3 heteroatoms. The molecule has 0 fully saturated rings. The molecule has 1 atom stereocenters. The lowest BCUT2D eigenvalue weighted by molar-refractivity contribution is 0.105. The molecule has 0 aromatic heterocycles. The van der Waals surface area contributed by atoms with Crippen LogP contribution in [0.3, 0.4) is 0 Å². The number of aliphatic hydroxyl groups excluding tert-OH is 2. The van der Waals surface area contributed by atoms with Crippen molar-refractivity contribution in [2.75, 3.05) is 18.5 Å². The Morgan fingerprint density at radius 2 is 1.80 bits per heavy atom. The molecule has 0 bridgehead atoms. The van der Waals surface area contributed by atoms with E-state index in [-0.39, 0.29) is 6.61 Å². The quantitative estimate of drug-likeness (QED) is 0.690. The van der Waals surface area contributed by atoms with E-state index in [1.54, 1.807) is 0 Å². The number of nitrogens with one attached hydrogen (secondary N) is 1. The molecule has 1 rings (SSSR count). The second-order valence-corrected chi connectivity index (χ2v) is 3.99. The first-order chi connectivity index (χ1) is 7.13. The number of hydrogen-bond acceptors (Lipinski definition) is 3. The van der Waals surface area contributed by atoms with Crippen LogP contribution in [0.15, 0.2) is 24.3 Å². The minimum Gasteiger partial charge on any atom is -0.394 e. The molecule has 0 aliphatic rings. The molecule has 0 unspecified atom stereocenters. The molecule has 15 heavy (non-hydrogen) atoms. The molecule has 0 aliphatic carbocycles. The lowest BCUT2D eigenvalue weighted by Gasteiger charge is -2.11. The van der Waals surface area contributed by atoms with Gasteiger partial charge in [-0.15, -0.1) is 0 Å². The maximum Gasteiger partial charge on any atom is 0.0942 e. The fraction of sp³-hybridized carbons (Fsp3) is 0.500. The van der Waals surface area contributed by atoms with Crippen LogP contribution in [-0.4, -0.2) is 29.5 Å².